The zero-order chi connectivity index (χ0) is 23.0. The van der Waals surface area contributed by atoms with Crippen molar-refractivity contribution in [3.63, 3.8) is 0 Å². The van der Waals surface area contributed by atoms with E-state index in [1.54, 1.807) is 66.7 Å². The van der Waals surface area contributed by atoms with Gasteiger partial charge in [0.1, 0.15) is 13.2 Å². The van der Waals surface area contributed by atoms with Gasteiger partial charge in [-0.15, -0.1) is 0 Å². The molecule has 1 atom stereocenters. The molecule has 0 aromatic heterocycles. The summed E-state index contributed by atoms with van der Waals surface area (Å²) in [4.78, 5) is 38.0. The first-order valence-corrected chi connectivity index (χ1v) is 10.6. The molecule has 1 amide bonds. The highest BCUT2D eigenvalue weighted by atomic mass is 16.6. The normalized spacial score (nSPS) is 13.0. The number of para-hydroxylation sites is 1. The lowest BCUT2D eigenvalue weighted by Gasteiger charge is -2.19. The number of hydrogen-bond acceptors (Lipinski definition) is 6. The number of ketones is 1. The van der Waals surface area contributed by atoms with Crippen LogP contribution in [0.15, 0.2) is 78.9 Å². The summed E-state index contributed by atoms with van der Waals surface area (Å²) in [7, 11) is 0. The van der Waals surface area contributed by atoms with E-state index >= 15 is 0 Å². The Labute approximate surface area is 191 Å². The summed E-state index contributed by atoms with van der Waals surface area (Å²) < 4.78 is 16.5. The molecule has 1 N–H and O–H groups in total. The van der Waals surface area contributed by atoms with Crippen LogP contribution in [0.2, 0.25) is 0 Å². The second-order valence-electron chi connectivity index (χ2n) is 7.42. The van der Waals surface area contributed by atoms with Crippen molar-refractivity contribution in [3.8, 4) is 11.5 Å². The number of ether oxygens (including phenoxy) is 3. The van der Waals surface area contributed by atoms with Crippen molar-refractivity contribution in [2.45, 2.75) is 18.9 Å². The zero-order valence-electron chi connectivity index (χ0n) is 17.9. The number of Topliss-reactive ketones (excluding diaryl/α,β-unsaturated/α-hetero) is 1. The first-order chi connectivity index (χ1) is 16.1. The Hall–Kier alpha value is -4.13. The second-order valence-corrected chi connectivity index (χ2v) is 7.42. The molecule has 0 unspecified atom stereocenters. The van der Waals surface area contributed by atoms with E-state index in [9.17, 15) is 14.4 Å². The Morgan fingerprint density at radius 1 is 0.818 bits per heavy atom. The van der Waals surface area contributed by atoms with Gasteiger partial charge in [0, 0.05) is 23.2 Å². The number of nitrogens with one attached hydrogen (secondary N) is 1. The third-order valence-corrected chi connectivity index (χ3v) is 5.05. The lowest BCUT2D eigenvalue weighted by atomic mass is 10.1. The lowest BCUT2D eigenvalue weighted by Crippen LogP contribution is -2.26. The van der Waals surface area contributed by atoms with Crippen molar-refractivity contribution in [2.24, 2.45) is 0 Å². The van der Waals surface area contributed by atoms with Crippen LogP contribution in [-0.4, -0.2) is 30.9 Å². The van der Waals surface area contributed by atoms with Crippen LogP contribution in [-0.2, 0) is 14.3 Å². The molecule has 0 fully saturated rings. The minimum atomic E-state index is -1.14. The van der Waals surface area contributed by atoms with Crippen LogP contribution in [0.3, 0.4) is 0 Å². The van der Waals surface area contributed by atoms with E-state index in [2.05, 4.69) is 5.32 Å². The molecule has 0 saturated heterocycles. The van der Waals surface area contributed by atoms with Crippen molar-refractivity contribution in [3.05, 3.63) is 90.0 Å². The third kappa shape index (κ3) is 5.77. The standard InChI is InChI=1S/C26H23NO6/c28-21(19-11-13-22-23(17-19)32-16-15-31-22)12-14-24(29)33-25(18-7-3-1-4-8-18)26(30)27-20-9-5-2-6-10-20/h1-11,13,17,25H,12,14-16H2,(H,27,30)/t25-/m1/s1. The van der Waals surface area contributed by atoms with Gasteiger partial charge in [0.15, 0.2) is 17.3 Å². The van der Waals surface area contributed by atoms with Crippen LogP contribution in [0, 0.1) is 0 Å². The molecule has 1 aliphatic heterocycles. The predicted octanol–water partition coefficient (Wildman–Crippen LogP) is 4.34. The van der Waals surface area contributed by atoms with Gasteiger partial charge in [-0.3, -0.25) is 14.4 Å². The molecule has 4 rings (SSSR count). The van der Waals surface area contributed by atoms with E-state index in [1.807, 2.05) is 12.1 Å². The zero-order valence-corrected chi connectivity index (χ0v) is 17.9. The first-order valence-electron chi connectivity index (χ1n) is 10.6. The van der Waals surface area contributed by atoms with Crippen molar-refractivity contribution in [1.29, 1.82) is 0 Å². The van der Waals surface area contributed by atoms with Crippen LogP contribution in [0.1, 0.15) is 34.9 Å². The van der Waals surface area contributed by atoms with Gasteiger partial charge >= 0.3 is 5.97 Å². The molecule has 7 heteroatoms. The van der Waals surface area contributed by atoms with Gasteiger partial charge < -0.3 is 19.5 Å². The predicted molar refractivity (Wildman–Crippen MR) is 121 cm³/mol. The molecule has 0 spiro atoms. The number of carbonyl (C=O) groups excluding carboxylic acids is 3. The van der Waals surface area contributed by atoms with Crippen LogP contribution < -0.4 is 14.8 Å². The number of fused-ring (bicyclic) bond motifs is 1. The fraction of sp³-hybridized carbons (Fsp3) is 0.192. The van der Waals surface area contributed by atoms with Gasteiger partial charge in [-0.1, -0.05) is 48.5 Å². The summed E-state index contributed by atoms with van der Waals surface area (Å²) in [6.07, 6.45) is -1.35. The number of benzene rings is 3. The highest BCUT2D eigenvalue weighted by Gasteiger charge is 2.25. The van der Waals surface area contributed by atoms with Crippen LogP contribution in [0.25, 0.3) is 0 Å². The average Bonchev–Trinajstić information content (AvgIpc) is 2.86. The summed E-state index contributed by atoms with van der Waals surface area (Å²) in [6.45, 7) is 0.884. The molecule has 7 nitrogen and oxygen atoms in total. The summed E-state index contributed by atoms with van der Waals surface area (Å²) in [5, 5.41) is 2.76. The molecule has 3 aromatic rings. The summed E-state index contributed by atoms with van der Waals surface area (Å²) in [5.74, 6) is -0.241. The topological polar surface area (TPSA) is 90.9 Å². The van der Waals surface area contributed by atoms with Gasteiger partial charge in [0.25, 0.3) is 5.91 Å². The molecule has 33 heavy (non-hydrogen) atoms. The Kier molecular flexibility index (Phi) is 6.99. The molecule has 3 aromatic carbocycles. The fourth-order valence-corrected chi connectivity index (χ4v) is 3.40. The summed E-state index contributed by atoms with van der Waals surface area (Å²) >= 11 is 0. The molecule has 168 valence electrons. The molecule has 0 aliphatic carbocycles. The maximum atomic E-state index is 12.9. The van der Waals surface area contributed by atoms with Crippen molar-refractivity contribution >= 4 is 23.3 Å². The molecule has 1 aliphatic rings. The van der Waals surface area contributed by atoms with E-state index in [0.29, 0.717) is 41.5 Å². The highest BCUT2D eigenvalue weighted by Crippen LogP contribution is 2.31. The average molecular weight is 445 g/mol. The van der Waals surface area contributed by atoms with Gasteiger partial charge in [-0.2, -0.15) is 0 Å². The Morgan fingerprint density at radius 2 is 1.48 bits per heavy atom. The number of esters is 1. The Balaban J connectivity index is 1.39. The van der Waals surface area contributed by atoms with Gasteiger partial charge in [0.05, 0.1) is 6.42 Å². The van der Waals surface area contributed by atoms with Crippen molar-refractivity contribution in [2.75, 3.05) is 18.5 Å². The number of carbonyl (C=O) groups is 3. The number of amides is 1. The maximum Gasteiger partial charge on any atom is 0.307 e. The van der Waals surface area contributed by atoms with E-state index in [-0.39, 0.29) is 18.6 Å². The monoisotopic (exact) mass is 445 g/mol. The molecule has 0 saturated carbocycles. The van der Waals surface area contributed by atoms with E-state index < -0.39 is 18.0 Å². The summed E-state index contributed by atoms with van der Waals surface area (Å²) in [6, 6.07) is 22.6. The first kappa shape index (κ1) is 22.1. The largest absolute Gasteiger partial charge is 0.486 e. The lowest BCUT2D eigenvalue weighted by molar-refractivity contribution is -0.154. The number of hydrogen-bond donors (Lipinski definition) is 1. The minimum Gasteiger partial charge on any atom is -0.486 e. The van der Waals surface area contributed by atoms with Gasteiger partial charge in [0.2, 0.25) is 6.10 Å². The molecule has 0 bridgehead atoms. The SMILES string of the molecule is O=C(CCC(=O)c1ccc2c(c1)OCCO2)O[C@@H](C(=O)Nc1ccccc1)c1ccccc1. The Morgan fingerprint density at radius 3 is 2.21 bits per heavy atom. The molecule has 0 radical (unpaired) electrons. The second kappa shape index (κ2) is 10.5. The molecular weight excluding hydrogens is 422 g/mol. The Bertz CT molecular complexity index is 1130. The van der Waals surface area contributed by atoms with Gasteiger partial charge in [-0.05, 0) is 30.3 Å². The van der Waals surface area contributed by atoms with Crippen molar-refractivity contribution < 1.29 is 28.6 Å². The number of anilines is 1. The fourth-order valence-electron chi connectivity index (χ4n) is 3.40. The summed E-state index contributed by atoms with van der Waals surface area (Å²) in [5.41, 5.74) is 1.55. The smallest absolute Gasteiger partial charge is 0.307 e. The van der Waals surface area contributed by atoms with E-state index in [0.717, 1.165) is 0 Å². The van der Waals surface area contributed by atoms with Gasteiger partial charge in [-0.25, -0.2) is 0 Å². The van der Waals surface area contributed by atoms with Crippen LogP contribution in [0.5, 0.6) is 11.5 Å². The van der Waals surface area contributed by atoms with Crippen molar-refractivity contribution in [1.82, 2.24) is 0 Å². The maximum absolute atomic E-state index is 12.9. The van der Waals surface area contributed by atoms with E-state index in [4.69, 9.17) is 14.2 Å². The molecule has 1 heterocycles. The number of rotatable bonds is 8. The third-order valence-electron chi connectivity index (χ3n) is 5.05. The van der Waals surface area contributed by atoms with Crippen LogP contribution in [0.4, 0.5) is 5.69 Å². The quantitative estimate of drug-likeness (QED) is 0.410. The highest BCUT2D eigenvalue weighted by molar-refractivity contribution is 5.99. The minimum absolute atomic E-state index is 0.0553. The van der Waals surface area contributed by atoms with E-state index in [1.165, 1.54) is 0 Å². The molecular formula is C26H23NO6. The van der Waals surface area contributed by atoms with Crippen LogP contribution >= 0.6 is 0 Å².